The van der Waals surface area contributed by atoms with E-state index in [4.69, 9.17) is 16.2 Å². The summed E-state index contributed by atoms with van der Waals surface area (Å²) in [6.07, 6.45) is 3.16. The first-order valence-corrected chi connectivity index (χ1v) is 7.31. The molecule has 6 nitrogen and oxygen atoms in total. The fourth-order valence-electron chi connectivity index (χ4n) is 1.39. The average Bonchev–Trinajstić information content (AvgIpc) is 2.32. The van der Waals surface area contributed by atoms with E-state index in [0.717, 1.165) is 18.4 Å². The minimum atomic E-state index is -0.569. The highest BCUT2D eigenvalue weighted by Gasteiger charge is 2.23. The Morgan fingerprint density at radius 3 is 2.38 bits per heavy atom. The van der Waals surface area contributed by atoms with Crippen LogP contribution in [0.5, 0.6) is 0 Å². The molecule has 0 aromatic rings. The summed E-state index contributed by atoms with van der Waals surface area (Å²) in [6.45, 7) is 10.9. The van der Waals surface area contributed by atoms with Crippen molar-refractivity contribution in [2.75, 3.05) is 19.6 Å². The van der Waals surface area contributed by atoms with Gasteiger partial charge in [0.15, 0.2) is 0 Å². The van der Waals surface area contributed by atoms with Crippen LogP contribution in [0.25, 0.3) is 0 Å². The SMILES string of the molecule is CC(C)=CCN(C(=O)OC(C)(C)C)C(N)=NCCCCN. The summed E-state index contributed by atoms with van der Waals surface area (Å²) in [6, 6.07) is 0. The zero-order valence-corrected chi connectivity index (χ0v) is 14.0. The lowest BCUT2D eigenvalue weighted by Gasteiger charge is -2.26. The highest BCUT2D eigenvalue weighted by molar-refractivity contribution is 5.93. The minimum Gasteiger partial charge on any atom is -0.443 e. The van der Waals surface area contributed by atoms with E-state index < -0.39 is 11.7 Å². The van der Waals surface area contributed by atoms with Crippen LogP contribution in [-0.2, 0) is 4.74 Å². The first-order chi connectivity index (χ1) is 9.67. The highest BCUT2D eigenvalue weighted by atomic mass is 16.6. The molecule has 122 valence electrons. The standard InChI is InChI=1S/C15H30N4O2/c1-12(2)8-11-19(14(20)21-15(3,4)5)13(17)18-10-7-6-9-16/h8H,6-7,9-11,16H2,1-5H3,(H2,17,18). The molecule has 0 aromatic carbocycles. The summed E-state index contributed by atoms with van der Waals surface area (Å²) in [5, 5.41) is 0. The number of amides is 1. The molecule has 1 amide bonds. The number of nitrogens with two attached hydrogens (primary N) is 2. The quantitative estimate of drug-likeness (QED) is 0.340. The monoisotopic (exact) mass is 298 g/mol. The summed E-state index contributed by atoms with van der Waals surface area (Å²) >= 11 is 0. The van der Waals surface area contributed by atoms with Crippen molar-refractivity contribution in [2.45, 2.75) is 53.1 Å². The van der Waals surface area contributed by atoms with E-state index in [1.54, 1.807) is 0 Å². The molecule has 0 unspecified atom stereocenters. The van der Waals surface area contributed by atoms with Crippen LogP contribution in [-0.4, -0.2) is 42.2 Å². The normalized spacial score (nSPS) is 12.0. The predicted molar refractivity (Wildman–Crippen MR) is 87.1 cm³/mol. The lowest BCUT2D eigenvalue weighted by Crippen LogP contribution is -2.45. The van der Waals surface area contributed by atoms with Crippen molar-refractivity contribution in [2.24, 2.45) is 16.5 Å². The number of carbonyl (C=O) groups is 1. The van der Waals surface area contributed by atoms with Gasteiger partial charge in [-0.15, -0.1) is 0 Å². The third-order valence-corrected chi connectivity index (χ3v) is 2.46. The van der Waals surface area contributed by atoms with Crippen molar-refractivity contribution >= 4 is 12.1 Å². The zero-order valence-electron chi connectivity index (χ0n) is 14.0. The van der Waals surface area contributed by atoms with Gasteiger partial charge in [-0.2, -0.15) is 0 Å². The van der Waals surface area contributed by atoms with E-state index in [0.29, 0.717) is 19.6 Å². The molecule has 0 atom stereocenters. The van der Waals surface area contributed by atoms with Crippen molar-refractivity contribution < 1.29 is 9.53 Å². The Morgan fingerprint density at radius 1 is 1.29 bits per heavy atom. The summed E-state index contributed by atoms with van der Waals surface area (Å²) in [4.78, 5) is 17.8. The second-order valence-corrected chi connectivity index (χ2v) is 6.11. The Bertz CT molecular complexity index is 380. The number of guanidine groups is 1. The highest BCUT2D eigenvalue weighted by Crippen LogP contribution is 2.10. The van der Waals surface area contributed by atoms with Crippen LogP contribution in [0.2, 0.25) is 0 Å². The molecule has 0 radical (unpaired) electrons. The first kappa shape index (κ1) is 19.4. The maximum atomic E-state index is 12.2. The second-order valence-electron chi connectivity index (χ2n) is 6.11. The van der Waals surface area contributed by atoms with Crippen molar-refractivity contribution in [3.8, 4) is 0 Å². The summed E-state index contributed by atoms with van der Waals surface area (Å²) in [5.74, 6) is 0.179. The third-order valence-electron chi connectivity index (χ3n) is 2.46. The molecule has 0 heterocycles. The van der Waals surface area contributed by atoms with Gasteiger partial charge >= 0.3 is 6.09 Å². The Balaban J connectivity index is 4.87. The molecule has 0 saturated carbocycles. The number of nitrogens with zero attached hydrogens (tertiary/aromatic N) is 2. The number of hydrogen-bond acceptors (Lipinski definition) is 4. The number of carbonyl (C=O) groups excluding carboxylic acids is 1. The zero-order chi connectivity index (χ0) is 16.5. The molecule has 0 spiro atoms. The molecule has 0 aliphatic carbocycles. The molecular weight excluding hydrogens is 268 g/mol. The summed E-state index contributed by atoms with van der Waals surface area (Å²) < 4.78 is 5.36. The maximum absolute atomic E-state index is 12.2. The van der Waals surface area contributed by atoms with Gasteiger partial charge in [-0.25, -0.2) is 9.69 Å². The van der Waals surface area contributed by atoms with Crippen molar-refractivity contribution in [1.29, 1.82) is 0 Å². The molecule has 6 heteroatoms. The van der Waals surface area contributed by atoms with Crippen LogP contribution >= 0.6 is 0 Å². The first-order valence-electron chi connectivity index (χ1n) is 7.31. The van der Waals surface area contributed by atoms with Gasteiger partial charge in [-0.1, -0.05) is 11.6 Å². The summed E-state index contributed by atoms with van der Waals surface area (Å²) in [7, 11) is 0. The number of ether oxygens (including phenoxy) is 1. The maximum Gasteiger partial charge on any atom is 0.417 e. The largest absolute Gasteiger partial charge is 0.443 e. The molecule has 0 rings (SSSR count). The molecule has 0 bridgehead atoms. The van der Waals surface area contributed by atoms with Gasteiger partial charge in [0.2, 0.25) is 5.96 Å². The van der Waals surface area contributed by atoms with Crippen LogP contribution in [0.3, 0.4) is 0 Å². The number of hydrogen-bond donors (Lipinski definition) is 2. The lowest BCUT2D eigenvalue weighted by atomic mass is 10.2. The smallest absolute Gasteiger partial charge is 0.417 e. The number of unbranched alkanes of at least 4 members (excludes halogenated alkanes) is 1. The Kier molecular flexibility index (Phi) is 8.69. The molecule has 0 aliphatic heterocycles. The van der Waals surface area contributed by atoms with E-state index in [1.165, 1.54) is 4.90 Å². The van der Waals surface area contributed by atoms with Crippen LogP contribution in [0.4, 0.5) is 4.79 Å². The van der Waals surface area contributed by atoms with Gasteiger partial charge < -0.3 is 16.2 Å². The Labute approximate surface area is 128 Å². The second kappa shape index (κ2) is 9.39. The van der Waals surface area contributed by atoms with Gasteiger partial charge in [0.1, 0.15) is 5.60 Å². The van der Waals surface area contributed by atoms with E-state index >= 15 is 0 Å². The minimum absolute atomic E-state index is 0.179. The van der Waals surface area contributed by atoms with Gasteiger partial charge in [-0.05, 0) is 54.0 Å². The van der Waals surface area contributed by atoms with E-state index in [1.807, 2.05) is 40.7 Å². The predicted octanol–water partition coefficient (Wildman–Crippen LogP) is 2.24. The fraction of sp³-hybridized carbons (Fsp3) is 0.733. The lowest BCUT2D eigenvalue weighted by molar-refractivity contribution is 0.0382. The molecule has 0 saturated heterocycles. The van der Waals surface area contributed by atoms with E-state index in [2.05, 4.69) is 4.99 Å². The van der Waals surface area contributed by atoms with Crippen molar-refractivity contribution in [1.82, 2.24) is 4.90 Å². The van der Waals surface area contributed by atoms with Gasteiger partial charge in [0.25, 0.3) is 0 Å². The molecule has 0 aromatic heterocycles. The number of rotatable bonds is 6. The van der Waals surface area contributed by atoms with Gasteiger partial charge in [-0.3, -0.25) is 4.99 Å². The number of aliphatic imine (C=N–C) groups is 1. The van der Waals surface area contributed by atoms with Crippen molar-refractivity contribution in [3.05, 3.63) is 11.6 Å². The average molecular weight is 298 g/mol. The topological polar surface area (TPSA) is 93.9 Å². The molecule has 4 N–H and O–H groups in total. The van der Waals surface area contributed by atoms with Gasteiger partial charge in [0, 0.05) is 6.54 Å². The molecule has 0 fully saturated rings. The fourth-order valence-corrected chi connectivity index (χ4v) is 1.39. The molecule has 21 heavy (non-hydrogen) atoms. The van der Waals surface area contributed by atoms with Crippen LogP contribution in [0, 0.1) is 0 Å². The number of allylic oxidation sites excluding steroid dienone is 1. The third kappa shape index (κ3) is 9.90. The van der Waals surface area contributed by atoms with Crippen LogP contribution < -0.4 is 11.5 Å². The van der Waals surface area contributed by atoms with E-state index in [-0.39, 0.29) is 5.96 Å². The Hall–Kier alpha value is -1.56. The van der Waals surface area contributed by atoms with Crippen LogP contribution in [0.15, 0.2) is 16.6 Å². The Morgan fingerprint density at radius 2 is 1.90 bits per heavy atom. The van der Waals surface area contributed by atoms with Crippen molar-refractivity contribution in [3.63, 3.8) is 0 Å². The molecular formula is C15H30N4O2. The van der Waals surface area contributed by atoms with Gasteiger partial charge in [0.05, 0.1) is 6.54 Å². The summed E-state index contributed by atoms with van der Waals surface area (Å²) in [5.41, 5.74) is 11.9. The van der Waals surface area contributed by atoms with E-state index in [9.17, 15) is 4.79 Å². The molecule has 0 aliphatic rings. The van der Waals surface area contributed by atoms with Crippen LogP contribution in [0.1, 0.15) is 47.5 Å².